The van der Waals surface area contributed by atoms with Crippen LogP contribution in [0.4, 0.5) is 5.69 Å². The van der Waals surface area contributed by atoms with E-state index < -0.39 is 0 Å². The molecule has 1 aliphatic heterocycles. The van der Waals surface area contributed by atoms with Gasteiger partial charge in [0.15, 0.2) is 0 Å². The third-order valence-electron chi connectivity index (χ3n) is 5.34. The van der Waals surface area contributed by atoms with E-state index in [0.717, 1.165) is 49.3 Å². The van der Waals surface area contributed by atoms with Crippen LogP contribution in [0.3, 0.4) is 0 Å². The number of hydrogen-bond acceptors (Lipinski definition) is 3. The fourth-order valence-electron chi connectivity index (χ4n) is 3.79. The minimum atomic E-state index is -0.108. The molecule has 3 aromatic rings. The van der Waals surface area contributed by atoms with Crippen molar-refractivity contribution in [3.63, 3.8) is 0 Å². The van der Waals surface area contributed by atoms with Gasteiger partial charge in [0.1, 0.15) is 5.82 Å². The molecule has 27 heavy (non-hydrogen) atoms. The van der Waals surface area contributed by atoms with E-state index in [0.29, 0.717) is 16.5 Å². The SMILES string of the molecule is Cc1ccccc1N(C)C(=O)c1ccc2c(=O)n3c(nc2c1)CCCCC3. The predicted octanol–water partition coefficient (Wildman–Crippen LogP) is 3.71. The van der Waals surface area contributed by atoms with E-state index in [4.69, 9.17) is 4.98 Å². The van der Waals surface area contributed by atoms with Gasteiger partial charge in [-0.15, -0.1) is 0 Å². The summed E-state index contributed by atoms with van der Waals surface area (Å²) in [5, 5.41) is 0.579. The molecular weight excluding hydrogens is 338 g/mol. The van der Waals surface area contributed by atoms with Crippen molar-refractivity contribution in [1.29, 1.82) is 0 Å². The Balaban J connectivity index is 1.76. The van der Waals surface area contributed by atoms with Gasteiger partial charge in [0.05, 0.1) is 10.9 Å². The largest absolute Gasteiger partial charge is 0.311 e. The first kappa shape index (κ1) is 17.5. The van der Waals surface area contributed by atoms with Gasteiger partial charge in [-0.25, -0.2) is 4.98 Å². The number of anilines is 1. The van der Waals surface area contributed by atoms with Crippen LogP contribution in [-0.2, 0) is 13.0 Å². The van der Waals surface area contributed by atoms with E-state index in [9.17, 15) is 9.59 Å². The first-order chi connectivity index (χ1) is 13.1. The number of aromatic nitrogens is 2. The minimum Gasteiger partial charge on any atom is -0.311 e. The molecule has 0 aliphatic carbocycles. The van der Waals surface area contributed by atoms with Crippen molar-refractivity contribution in [2.24, 2.45) is 0 Å². The Morgan fingerprint density at radius 3 is 2.74 bits per heavy atom. The highest BCUT2D eigenvalue weighted by Gasteiger charge is 2.18. The van der Waals surface area contributed by atoms with Crippen molar-refractivity contribution in [3.05, 3.63) is 69.8 Å². The molecule has 2 heterocycles. The van der Waals surface area contributed by atoms with E-state index in [1.807, 2.05) is 31.2 Å². The van der Waals surface area contributed by atoms with Gasteiger partial charge < -0.3 is 4.90 Å². The Bertz CT molecular complexity index is 1080. The van der Waals surface area contributed by atoms with E-state index in [2.05, 4.69) is 0 Å². The Kier molecular flexibility index (Phi) is 4.52. The maximum atomic E-state index is 13.0. The molecule has 0 atom stereocenters. The summed E-state index contributed by atoms with van der Waals surface area (Å²) in [6.07, 6.45) is 3.99. The van der Waals surface area contributed by atoms with Crippen molar-refractivity contribution < 1.29 is 4.79 Å². The van der Waals surface area contributed by atoms with E-state index in [1.54, 1.807) is 34.7 Å². The number of para-hydroxylation sites is 1. The van der Waals surface area contributed by atoms with Gasteiger partial charge in [0.2, 0.25) is 0 Å². The molecule has 0 saturated carbocycles. The molecule has 0 spiro atoms. The number of rotatable bonds is 2. The van der Waals surface area contributed by atoms with E-state index >= 15 is 0 Å². The average molecular weight is 361 g/mol. The maximum absolute atomic E-state index is 13.0. The zero-order chi connectivity index (χ0) is 19.0. The first-order valence-electron chi connectivity index (χ1n) is 9.43. The number of benzene rings is 2. The van der Waals surface area contributed by atoms with Crippen LogP contribution in [0, 0.1) is 6.92 Å². The lowest BCUT2D eigenvalue weighted by molar-refractivity contribution is 0.0993. The Morgan fingerprint density at radius 1 is 1.11 bits per heavy atom. The highest BCUT2D eigenvalue weighted by Crippen LogP contribution is 2.22. The number of aryl methyl sites for hydroxylation is 2. The molecular formula is C22H23N3O2. The number of carbonyl (C=O) groups is 1. The van der Waals surface area contributed by atoms with Gasteiger partial charge in [0, 0.05) is 31.3 Å². The van der Waals surface area contributed by atoms with Crippen LogP contribution in [0.2, 0.25) is 0 Å². The van der Waals surface area contributed by atoms with Crippen molar-refractivity contribution in [1.82, 2.24) is 9.55 Å². The fourth-order valence-corrected chi connectivity index (χ4v) is 3.79. The number of hydrogen-bond donors (Lipinski definition) is 0. The highest BCUT2D eigenvalue weighted by molar-refractivity contribution is 6.07. The summed E-state index contributed by atoms with van der Waals surface area (Å²) in [5.41, 5.74) is 3.06. The Morgan fingerprint density at radius 2 is 1.93 bits per heavy atom. The summed E-state index contributed by atoms with van der Waals surface area (Å²) in [5.74, 6) is 0.727. The van der Waals surface area contributed by atoms with Crippen molar-refractivity contribution in [2.45, 2.75) is 39.2 Å². The normalized spacial score (nSPS) is 13.9. The van der Waals surface area contributed by atoms with Crippen LogP contribution < -0.4 is 10.5 Å². The van der Waals surface area contributed by atoms with Crippen LogP contribution in [0.1, 0.15) is 41.0 Å². The standard InChI is InChI=1S/C22H23N3O2/c1-15-8-5-6-9-19(15)24(2)21(26)16-11-12-17-18(14-16)23-20-10-4-3-7-13-25(20)22(17)27/h5-6,8-9,11-12,14H,3-4,7,10,13H2,1-2H3. The second kappa shape index (κ2) is 6.99. The molecule has 1 amide bonds. The second-order valence-corrected chi connectivity index (χ2v) is 7.18. The summed E-state index contributed by atoms with van der Waals surface area (Å²) >= 11 is 0. The van der Waals surface area contributed by atoms with Crippen molar-refractivity contribution in [2.75, 3.05) is 11.9 Å². The van der Waals surface area contributed by atoms with Gasteiger partial charge in [-0.2, -0.15) is 0 Å². The zero-order valence-electron chi connectivity index (χ0n) is 15.7. The summed E-state index contributed by atoms with van der Waals surface area (Å²) in [7, 11) is 1.77. The molecule has 1 aromatic heterocycles. The fraction of sp³-hybridized carbons (Fsp3) is 0.318. The monoisotopic (exact) mass is 361 g/mol. The maximum Gasteiger partial charge on any atom is 0.261 e. The van der Waals surface area contributed by atoms with Crippen LogP contribution >= 0.6 is 0 Å². The third-order valence-corrected chi connectivity index (χ3v) is 5.34. The molecule has 5 heteroatoms. The lowest BCUT2D eigenvalue weighted by Gasteiger charge is -2.20. The lowest BCUT2D eigenvalue weighted by Crippen LogP contribution is -2.27. The molecule has 0 N–H and O–H groups in total. The van der Waals surface area contributed by atoms with Crippen LogP contribution in [0.5, 0.6) is 0 Å². The predicted molar refractivity (Wildman–Crippen MR) is 107 cm³/mol. The Hall–Kier alpha value is -2.95. The summed E-state index contributed by atoms with van der Waals surface area (Å²) in [6.45, 7) is 2.71. The molecule has 2 aromatic carbocycles. The van der Waals surface area contributed by atoms with Gasteiger partial charge >= 0.3 is 0 Å². The molecule has 5 nitrogen and oxygen atoms in total. The quantitative estimate of drug-likeness (QED) is 0.699. The minimum absolute atomic E-state index is 0.00292. The molecule has 0 radical (unpaired) electrons. The molecule has 138 valence electrons. The number of amides is 1. The summed E-state index contributed by atoms with van der Waals surface area (Å²) in [4.78, 5) is 32.2. The van der Waals surface area contributed by atoms with Gasteiger partial charge in [-0.05, 0) is 49.6 Å². The van der Waals surface area contributed by atoms with E-state index in [-0.39, 0.29) is 11.5 Å². The molecule has 0 bridgehead atoms. The van der Waals surface area contributed by atoms with Crippen LogP contribution in [-0.4, -0.2) is 22.5 Å². The number of nitrogens with zero attached hydrogens (tertiary/aromatic N) is 3. The van der Waals surface area contributed by atoms with E-state index in [1.165, 1.54) is 0 Å². The lowest BCUT2D eigenvalue weighted by atomic mass is 10.1. The second-order valence-electron chi connectivity index (χ2n) is 7.18. The van der Waals surface area contributed by atoms with Gasteiger partial charge in [-0.3, -0.25) is 14.2 Å². The average Bonchev–Trinajstić information content (AvgIpc) is 2.92. The molecule has 0 fully saturated rings. The van der Waals surface area contributed by atoms with Gasteiger partial charge in [-0.1, -0.05) is 24.6 Å². The highest BCUT2D eigenvalue weighted by atomic mass is 16.2. The third kappa shape index (κ3) is 3.14. The Labute approximate surface area is 158 Å². The van der Waals surface area contributed by atoms with Crippen molar-refractivity contribution in [3.8, 4) is 0 Å². The molecule has 1 aliphatic rings. The summed E-state index contributed by atoms with van der Waals surface area (Å²) in [6, 6.07) is 13.0. The zero-order valence-corrected chi connectivity index (χ0v) is 15.7. The number of carbonyl (C=O) groups excluding carboxylic acids is 1. The van der Waals surface area contributed by atoms with Gasteiger partial charge in [0.25, 0.3) is 11.5 Å². The molecule has 4 rings (SSSR count). The van der Waals surface area contributed by atoms with Crippen LogP contribution in [0.25, 0.3) is 10.9 Å². The smallest absolute Gasteiger partial charge is 0.261 e. The topological polar surface area (TPSA) is 55.2 Å². The summed E-state index contributed by atoms with van der Waals surface area (Å²) < 4.78 is 1.80. The first-order valence-corrected chi connectivity index (χ1v) is 9.43. The molecule has 0 saturated heterocycles. The number of fused-ring (bicyclic) bond motifs is 2. The molecule has 0 unspecified atom stereocenters. The van der Waals surface area contributed by atoms with Crippen LogP contribution in [0.15, 0.2) is 47.3 Å². The van der Waals surface area contributed by atoms with Crippen molar-refractivity contribution >= 4 is 22.5 Å².